The lowest BCUT2D eigenvalue weighted by Gasteiger charge is -2.07. The molecule has 0 fully saturated rings. The number of carbonyl (C=O) groups is 2. The van der Waals surface area contributed by atoms with E-state index in [0.717, 1.165) is 16.3 Å². The minimum absolute atomic E-state index is 0.104. The maximum atomic E-state index is 12.4. The molecule has 5 nitrogen and oxygen atoms in total. The van der Waals surface area contributed by atoms with Crippen LogP contribution in [0.1, 0.15) is 27.8 Å². The highest BCUT2D eigenvalue weighted by atomic mass is 32.1. The fourth-order valence-electron chi connectivity index (χ4n) is 2.33. The second-order valence-corrected chi connectivity index (χ2v) is 6.18. The first-order chi connectivity index (χ1) is 12.1. The summed E-state index contributed by atoms with van der Waals surface area (Å²) in [6.45, 7) is 1.47. The number of thiazole rings is 1. The first-order valence-electron chi connectivity index (χ1n) is 7.60. The van der Waals surface area contributed by atoms with Crippen molar-refractivity contribution in [2.45, 2.75) is 6.92 Å². The smallest absolute Gasteiger partial charge is 0.275 e. The largest absolute Gasteiger partial charge is 0.497 e. The predicted molar refractivity (Wildman–Crippen MR) is 98.5 cm³/mol. The van der Waals surface area contributed by atoms with Gasteiger partial charge in [-0.25, -0.2) is 4.98 Å². The molecule has 0 unspecified atom stereocenters. The van der Waals surface area contributed by atoms with Gasteiger partial charge in [0.05, 0.1) is 12.8 Å². The van der Waals surface area contributed by atoms with Gasteiger partial charge in [0.1, 0.15) is 16.5 Å². The number of ketones is 1. The van der Waals surface area contributed by atoms with E-state index in [1.807, 2.05) is 24.3 Å². The minimum Gasteiger partial charge on any atom is -0.497 e. The van der Waals surface area contributed by atoms with Crippen molar-refractivity contribution >= 4 is 28.7 Å². The van der Waals surface area contributed by atoms with Crippen LogP contribution in [0, 0.1) is 0 Å². The molecule has 0 spiro atoms. The number of benzene rings is 2. The second-order valence-electron chi connectivity index (χ2n) is 5.32. The molecule has 0 radical (unpaired) electrons. The van der Waals surface area contributed by atoms with E-state index >= 15 is 0 Å². The van der Waals surface area contributed by atoms with Gasteiger partial charge in [0.15, 0.2) is 5.78 Å². The summed E-state index contributed by atoms with van der Waals surface area (Å²) >= 11 is 1.39. The molecule has 3 rings (SSSR count). The van der Waals surface area contributed by atoms with Crippen LogP contribution in [-0.4, -0.2) is 23.8 Å². The van der Waals surface area contributed by atoms with Gasteiger partial charge in [-0.1, -0.05) is 12.1 Å². The first-order valence-corrected chi connectivity index (χ1v) is 8.47. The van der Waals surface area contributed by atoms with E-state index in [9.17, 15) is 9.59 Å². The Morgan fingerprint density at radius 2 is 1.80 bits per heavy atom. The van der Waals surface area contributed by atoms with Gasteiger partial charge in [-0.3, -0.25) is 9.59 Å². The van der Waals surface area contributed by atoms with Gasteiger partial charge in [-0.2, -0.15) is 0 Å². The van der Waals surface area contributed by atoms with Gasteiger partial charge < -0.3 is 10.1 Å². The Hall–Kier alpha value is -2.99. The highest BCUT2D eigenvalue weighted by molar-refractivity contribution is 7.13. The van der Waals surface area contributed by atoms with Gasteiger partial charge >= 0.3 is 0 Å². The molecule has 2 aromatic carbocycles. The highest BCUT2D eigenvalue weighted by Crippen LogP contribution is 2.26. The Bertz CT molecular complexity index is 916. The number of rotatable bonds is 5. The van der Waals surface area contributed by atoms with E-state index in [1.54, 1.807) is 36.8 Å². The molecule has 0 aliphatic rings. The molecule has 0 bridgehead atoms. The fraction of sp³-hybridized carbons (Fsp3) is 0.105. The van der Waals surface area contributed by atoms with Crippen LogP contribution >= 0.6 is 11.3 Å². The standard InChI is InChI=1S/C19H16N2O3S/c1-12(22)15-5-3-4-6-16(15)20-18(23)17-11-25-19(21-17)13-7-9-14(24-2)10-8-13/h3-11H,1-2H3,(H,20,23). The van der Waals surface area contributed by atoms with Crippen molar-refractivity contribution in [3.8, 4) is 16.3 Å². The van der Waals surface area contributed by atoms with E-state index in [2.05, 4.69) is 10.3 Å². The highest BCUT2D eigenvalue weighted by Gasteiger charge is 2.15. The number of aromatic nitrogens is 1. The third-order valence-corrected chi connectivity index (χ3v) is 4.52. The molecule has 0 saturated heterocycles. The molecule has 1 N–H and O–H groups in total. The molecule has 1 heterocycles. The zero-order valence-corrected chi connectivity index (χ0v) is 14.6. The Balaban J connectivity index is 1.80. The summed E-state index contributed by atoms with van der Waals surface area (Å²) < 4.78 is 5.14. The lowest BCUT2D eigenvalue weighted by molar-refractivity contribution is 0.101. The second kappa shape index (κ2) is 7.27. The number of methoxy groups -OCH3 is 1. The zero-order valence-electron chi connectivity index (χ0n) is 13.8. The maximum Gasteiger partial charge on any atom is 0.275 e. The van der Waals surface area contributed by atoms with Gasteiger partial charge in [0, 0.05) is 16.5 Å². The Morgan fingerprint density at radius 1 is 1.08 bits per heavy atom. The minimum atomic E-state index is -0.343. The quantitative estimate of drug-likeness (QED) is 0.696. The van der Waals surface area contributed by atoms with Crippen molar-refractivity contribution in [1.82, 2.24) is 4.98 Å². The number of para-hydroxylation sites is 1. The summed E-state index contributed by atoms with van der Waals surface area (Å²) in [4.78, 5) is 28.5. The van der Waals surface area contributed by atoms with Crippen LogP contribution in [0.5, 0.6) is 5.75 Å². The molecule has 1 amide bonds. The summed E-state index contributed by atoms with van der Waals surface area (Å²) in [5, 5.41) is 5.20. The van der Waals surface area contributed by atoms with Gasteiger partial charge in [0.2, 0.25) is 0 Å². The summed E-state index contributed by atoms with van der Waals surface area (Å²) in [7, 11) is 1.61. The molecular formula is C19H16N2O3S. The number of ether oxygens (including phenoxy) is 1. The number of anilines is 1. The van der Waals surface area contributed by atoms with E-state index in [-0.39, 0.29) is 11.7 Å². The van der Waals surface area contributed by atoms with E-state index in [4.69, 9.17) is 4.74 Å². The number of nitrogens with zero attached hydrogens (tertiary/aromatic N) is 1. The molecule has 6 heteroatoms. The van der Waals surface area contributed by atoms with Gasteiger partial charge in [0.25, 0.3) is 5.91 Å². The number of amides is 1. The van der Waals surface area contributed by atoms with Crippen LogP contribution < -0.4 is 10.1 Å². The van der Waals surface area contributed by atoms with Gasteiger partial charge in [-0.15, -0.1) is 11.3 Å². The topological polar surface area (TPSA) is 68.3 Å². The van der Waals surface area contributed by atoms with Gasteiger partial charge in [-0.05, 0) is 43.3 Å². The van der Waals surface area contributed by atoms with Crippen molar-refractivity contribution in [3.05, 3.63) is 65.2 Å². The summed E-state index contributed by atoms with van der Waals surface area (Å²) in [5.41, 5.74) is 2.18. The van der Waals surface area contributed by atoms with Crippen LogP contribution in [0.15, 0.2) is 53.9 Å². The van der Waals surface area contributed by atoms with Crippen LogP contribution in [0.4, 0.5) is 5.69 Å². The van der Waals surface area contributed by atoms with E-state index < -0.39 is 0 Å². The average Bonchev–Trinajstić information content (AvgIpc) is 3.12. The average molecular weight is 352 g/mol. The number of carbonyl (C=O) groups excluding carboxylic acids is 2. The molecule has 0 saturated carbocycles. The summed E-state index contributed by atoms with van der Waals surface area (Å²) in [6, 6.07) is 14.4. The van der Waals surface area contributed by atoms with Crippen LogP contribution in [0.25, 0.3) is 10.6 Å². The molecule has 3 aromatic rings. The third-order valence-electron chi connectivity index (χ3n) is 3.63. The normalized spacial score (nSPS) is 10.3. The zero-order chi connectivity index (χ0) is 17.8. The van der Waals surface area contributed by atoms with Crippen LogP contribution in [0.2, 0.25) is 0 Å². The van der Waals surface area contributed by atoms with Crippen molar-refractivity contribution in [2.75, 3.05) is 12.4 Å². The maximum absolute atomic E-state index is 12.4. The lowest BCUT2D eigenvalue weighted by Crippen LogP contribution is -2.14. The first kappa shape index (κ1) is 16.9. The molecule has 0 atom stereocenters. The molecule has 1 aromatic heterocycles. The molecule has 0 aliphatic heterocycles. The summed E-state index contributed by atoms with van der Waals surface area (Å²) in [5.74, 6) is 0.317. The number of Topliss-reactive ketones (excluding diaryl/α,β-unsaturated/α-hetero) is 1. The number of hydrogen-bond acceptors (Lipinski definition) is 5. The molecular weight excluding hydrogens is 336 g/mol. The third kappa shape index (κ3) is 3.75. The monoisotopic (exact) mass is 352 g/mol. The van der Waals surface area contributed by atoms with Crippen molar-refractivity contribution in [3.63, 3.8) is 0 Å². The SMILES string of the molecule is COc1ccc(-c2nc(C(=O)Nc3ccccc3C(C)=O)cs2)cc1. The van der Waals surface area contributed by atoms with Crippen LogP contribution in [0.3, 0.4) is 0 Å². The van der Waals surface area contributed by atoms with Crippen molar-refractivity contribution in [2.24, 2.45) is 0 Å². The Labute approximate surface area is 149 Å². The van der Waals surface area contributed by atoms with E-state index in [0.29, 0.717) is 16.9 Å². The molecule has 0 aliphatic carbocycles. The van der Waals surface area contributed by atoms with E-state index in [1.165, 1.54) is 18.3 Å². The predicted octanol–water partition coefficient (Wildman–Crippen LogP) is 4.27. The lowest BCUT2D eigenvalue weighted by atomic mass is 10.1. The molecule has 126 valence electrons. The Kier molecular flexibility index (Phi) is 4.90. The Morgan fingerprint density at radius 3 is 2.48 bits per heavy atom. The van der Waals surface area contributed by atoms with Crippen molar-refractivity contribution < 1.29 is 14.3 Å². The van der Waals surface area contributed by atoms with Crippen LogP contribution in [-0.2, 0) is 0 Å². The number of hydrogen-bond donors (Lipinski definition) is 1. The number of nitrogens with one attached hydrogen (secondary N) is 1. The van der Waals surface area contributed by atoms with Crippen molar-refractivity contribution in [1.29, 1.82) is 0 Å². The fourth-order valence-corrected chi connectivity index (χ4v) is 3.14. The summed E-state index contributed by atoms with van der Waals surface area (Å²) in [6.07, 6.45) is 0. The molecule has 25 heavy (non-hydrogen) atoms.